The van der Waals surface area contributed by atoms with Crippen molar-refractivity contribution in [1.29, 1.82) is 0 Å². The number of hydrogen-bond acceptors (Lipinski definition) is 2. The van der Waals surface area contributed by atoms with Gasteiger partial charge in [-0.15, -0.1) is 0 Å². The van der Waals surface area contributed by atoms with E-state index in [1.165, 1.54) is 0 Å². The topological polar surface area (TPSA) is 35.2 Å². The van der Waals surface area contributed by atoms with Gasteiger partial charge in [-0.2, -0.15) is 0 Å². The molecule has 0 spiro atoms. The van der Waals surface area contributed by atoms with Crippen LogP contribution in [0.2, 0.25) is 0 Å². The van der Waals surface area contributed by atoms with Gasteiger partial charge >= 0.3 is 0 Å². The second-order valence-corrected chi connectivity index (χ2v) is 4.51. The molecule has 0 aliphatic rings. The van der Waals surface area contributed by atoms with Crippen molar-refractivity contribution in [1.82, 2.24) is 0 Å². The molecule has 1 aromatic carbocycles. The average Bonchev–Trinajstić information content (AvgIpc) is 2.14. The van der Waals surface area contributed by atoms with Crippen molar-refractivity contribution in [2.24, 2.45) is 11.7 Å². The molecule has 0 amide bonds. The molecule has 82 valence electrons. The highest BCUT2D eigenvalue weighted by Gasteiger charge is 2.07. The number of rotatable bonds is 4. The minimum Gasteiger partial charge on any atom is -0.493 e. The first-order valence-corrected chi connectivity index (χ1v) is 5.44. The van der Waals surface area contributed by atoms with Crippen LogP contribution in [0.3, 0.4) is 0 Å². The average molecular weight is 223 g/mol. The SMILES string of the molecule is Cc1ccc(C(N)=S)c(OCC(C)C)c1. The minimum absolute atomic E-state index is 0.383. The normalized spacial score (nSPS) is 10.4. The van der Waals surface area contributed by atoms with Crippen molar-refractivity contribution in [3.63, 3.8) is 0 Å². The zero-order valence-corrected chi connectivity index (χ0v) is 10.2. The number of hydrogen-bond donors (Lipinski definition) is 1. The van der Waals surface area contributed by atoms with Crippen molar-refractivity contribution in [3.8, 4) is 5.75 Å². The molecule has 0 saturated carbocycles. The lowest BCUT2D eigenvalue weighted by Gasteiger charge is -2.13. The highest BCUT2D eigenvalue weighted by atomic mass is 32.1. The Morgan fingerprint density at radius 3 is 2.67 bits per heavy atom. The van der Waals surface area contributed by atoms with Crippen LogP contribution in [-0.4, -0.2) is 11.6 Å². The number of benzene rings is 1. The summed E-state index contributed by atoms with van der Waals surface area (Å²) < 4.78 is 5.67. The van der Waals surface area contributed by atoms with Crippen LogP contribution in [0.5, 0.6) is 5.75 Å². The third-order valence-electron chi connectivity index (χ3n) is 1.97. The zero-order chi connectivity index (χ0) is 11.4. The molecule has 2 nitrogen and oxygen atoms in total. The Bertz CT molecular complexity index is 361. The fourth-order valence-electron chi connectivity index (χ4n) is 1.21. The van der Waals surface area contributed by atoms with Crippen LogP contribution in [0.1, 0.15) is 25.0 Å². The molecule has 0 atom stereocenters. The Hall–Kier alpha value is -1.09. The number of aryl methyl sites for hydroxylation is 1. The fourth-order valence-corrected chi connectivity index (χ4v) is 1.38. The van der Waals surface area contributed by atoms with Crippen molar-refractivity contribution in [2.75, 3.05) is 6.61 Å². The van der Waals surface area contributed by atoms with Crippen LogP contribution in [0, 0.1) is 12.8 Å². The number of thiocarbonyl (C=S) groups is 1. The summed E-state index contributed by atoms with van der Waals surface area (Å²) in [4.78, 5) is 0.383. The van der Waals surface area contributed by atoms with E-state index in [0.29, 0.717) is 17.5 Å². The molecule has 0 aliphatic heterocycles. The van der Waals surface area contributed by atoms with Crippen LogP contribution in [0.25, 0.3) is 0 Å². The fraction of sp³-hybridized carbons (Fsp3) is 0.417. The summed E-state index contributed by atoms with van der Waals surface area (Å²) in [5, 5.41) is 0. The predicted molar refractivity (Wildman–Crippen MR) is 67.4 cm³/mol. The summed E-state index contributed by atoms with van der Waals surface area (Å²) in [6.45, 7) is 6.91. The Labute approximate surface area is 96.4 Å². The second-order valence-electron chi connectivity index (χ2n) is 4.07. The van der Waals surface area contributed by atoms with Crippen molar-refractivity contribution in [2.45, 2.75) is 20.8 Å². The van der Waals surface area contributed by atoms with E-state index in [0.717, 1.165) is 16.9 Å². The van der Waals surface area contributed by atoms with Gasteiger partial charge in [0.05, 0.1) is 12.2 Å². The van der Waals surface area contributed by atoms with E-state index in [-0.39, 0.29) is 0 Å². The molecule has 1 rings (SSSR count). The van der Waals surface area contributed by atoms with Gasteiger partial charge in [-0.05, 0) is 30.5 Å². The predicted octanol–water partition coefficient (Wildman–Crippen LogP) is 2.66. The van der Waals surface area contributed by atoms with Gasteiger partial charge in [0.25, 0.3) is 0 Å². The standard InChI is InChI=1S/C12H17NOS/c1-8(2)7-14-11-6-9(3)4-5-10(11)12(13)15/h4-6,8H,7H2,1-3H3,(H2,13,15). The van der Waals surface area contributed by atoms with E-state index in [1.807, 2.05) is 25.1 Å². The molecule has 0 unspecified atom stereocenters. The number of ether oxygens (including phenoxy) is 1. The zero-order valence-electron chi connectivity index (χ0n) is 9.41. The summed E-state index contributed by atoms with van der Waals surface area (Å²) >= 11 is 4.97. The third-order valence-corrected chi connectivity index (χ3v) is 2.19. The van der Waals surface area contributed by atoms with Gasteiger partial charge in [-0.1, -0.05) is 32.1 Å². The first-order chi connectivity index (χ1) is 7.00. The first-order valence-electron chi connectivity index (χ1n) is 5.04. The Kier molecular flexibility index (Phi) is 4.09. The smallest absolute Gasteiger partial charge is 0.129 e. The summed E-state index contributed by atoms with van der Waals surface area (Å²) in [5.74, 6) is 1.28. The Balaban J connectivity index is 2.92. The molecular formula is C12H17NOS. The lowest BCUT2D eigenvalue weighted by Crippen LogP contribution is -2.13. The van der Waals surface area contributed by atoms with Gasteiger partial charge in [0.2, 0.25) is 0 Å². The van der Waals surface area contributed by atoms with Gasteiger partial charge in [-0.3, -0.25) is 0 Å². The van der Waals surface area contributed by atoms with Gasteiger partial charge < -0.3 is 10.5 Å². The summed E-state index contributed by atoms with van der Waals surface area (Å²) in [5.41, 5.74) is 7.59. The van der Waals surface area contributed by atoms with Crippen LogP contribution in [-0.2, 0) is 0 Å². The van der Waals surface area contributed by atoms with E-state index in [9.17, 15) is 0 Å². The highest BCUT2D eigenvalue weighted by Crippen LogP contribution is 2.20. The van der Waals surface area contributed by atoms with Gasteiger partial charge in [-0.25, -0.2) is 0 Å². The summed E-state index contributed by atoms with van der Waals surface area (Å²) in [6.07, 6.45) is 0. The second kappa shape index (κ2) is 5.12. The van der Waals surface area contributed by atoms with Gasteiger partial charge in [0, 0.05) is 0 Å². The molecule has 0 saturated heterocycles. The van der Waals surface area contributed by atoms with Crippen molar-refractivity contribution in [3.05, 3.63) is 29.3 Å². The molecule has 3 heteroatoms. The molecule has 0 radical (unpaired) electrons. The minimum atomic E-state index is 0.383. The Morgan fingerprint density at radius 1 is 1.47 bits per heavy atom. The molecule has 0 aliphatic carbocycles. The molecule has 15 heavy (non-hydrogen) atoms. The van der Waals surface area contributed by atoms with E-state index < -0.39 is 0 Å². The van der Waals surface area contributed by atoms with Crippen molar-refractivity contribution >= 4 is 17.2 Å². The van der Waals surface area contributed by atoms with Crippen molar-refractivity contribution < 1.29 is 4.74 Å². The maximum absolute atomic E-state index is 5.67. The molecule has 2 N–H and O–H groups in total. The molecule has 0 aromatic heterocycles. The first kappa shape index (κ1) is 12.0. The largest absolute Gasteiger partial charge is 0.493 e. The van der Waals surface area contributed by atoms with Crippen LogP contribution in [0.4, 0.5) is 0 Å². The quantitative estimate of drug-likeness (QED) is 0.797. The number of nitrogens with two attached hydrogens (primary N) is 1. The molecular weight excluding hydrogens is 206 g/mol. The molecule has 0 bridgehead atoms. The van der Waals surface area contributed by atoms with Gasteiger partial charge in [0.1, 0.15) is 10.7 Å². The van der Waals surface area contributed by atoms with Crippen LogP contribution >= 0.6 is 12.2 Å². The van der Waals surface area contributed by atoms with Gasteiger partial charge in [0.15, 0.2) is 0 Å². The molecule has 0 heterocycles. The van der Waals surface area contributed by atoms with Crippen LogP contribution in [0.15, 0.2) is 18.2 Å². The Morgan fingerprint density at radius 2 is 2.13 bits per heavy atom. The molecule has 0 fully saturated rings. The van der Waals surface area contributed by atoms with E-state index >= 15 is 0 Å². The van der Waals surface area contributed by atoms with Crippen LogP contribution < -0.4 is 10.5 Å². The van der Waals surface area contributed by atoms with E-state index in [2.05, 4.69) is 13.8 Å². The maximum Gasteiger partial charge on any atom is 0.129 e. The third kappa shape index (κ3) is 3.51. The molecule has 1 aromatic rings. The lowest BCUT2D eigenvalue weighted by molar-refractivity contribution is 0.270. The monoisotopic (exact) mass is 223 g/mol. The summed E-state index contributed by atoms with van der Waals surface area (Å²) in [7, 11) is 0. The summed E-state index contributed by atoms with van der Waals surface area (Å²) in [6, 6.07) is 5.86. The maximum atomic E-state index is 5.67. The highest BCUT2D eigenvalue weighted by molar-refractivity contribution is 7.80. The van der Waals surface area contributed by atoms with E-state index in [4.69, 9.17) is 22.7 Å². The lowest BCUT2D eigenvalue weighted by atomic mass is 10.1. The van der Waals surface area contributed by atoms with E-state index in [1.54, 1.807) is 0 Å².